The summed E-state index contributed by atoms with van der Waals surface area (Å²) in [5.41, 5.74) is 0. The summed E-state index contributed by atoms with van der Waals surface area (Å²) in [4.78, 5) is 0. The van der Waals surface area contributed by atoms with Crippen molar-refractivity contribution < 1.29 is 56.2 Å². The molecule has 0 spiro atoms. The van der Waals surface area contributed by atoms with Crippen molar-refractivity contribution in [1.29, 1.82) is 0 Å². The molecule has 0 bridgehead atoms. The molecule has 0 aromatic rings. The molecule has 0 aliphatic heterocycles. The van der Waals surface area contributed by atoms with Crippen molar-refractivity contribution in [3.05, 3.63) is 0 Å². The molecule has 1 rings (SSSR count). The molecule has 0 unspecified atom stereocenters. The zero-order valence-electron chi connectivity index (χ0n) is 11.5. The second-order valence-electron chi connectivity index (χ2n) is 4.93. The highest BCUT2D eigenvalue weighted by Gasteiger charge is 2.47. The van der Waals surface area contributed by atoms with Crippen molar-refractivity contribution in [2.75, 3.05) is 13.2 Å². The maximum absolute atomic E-state index is 8.97. The van der Waals surface area contributed by atoms with Gasteiger partial charge in [0.05, 0.1) is 13.2 Å². The zero-order chi connectivity index (χ0) is 17.6. The quantitative estimate of drug-likeness (QED) is 0.232. The Kier molecular flexibility index (Phi) is 9.45. The Bertz CT molecular complexity index is 235. The number of rotatable bonds is 4. The number of aliphatic hydroxyl groups excluding tert-OH is 11. The molecule has 0 heterocycles. The van der Waals surface area contributed by atoms with E-state index in [9.17, 15) is 0 Å². The Hall–Kier alpha value is -0.440. The summed E-state index contributed by atoms with van der Waals surface area (Å²) in [5.74, 6) is 0. The van der Waals surface area contributed by atoms with Crippen molar-refractivity contribution in [2.24, 2.45) is 0 Å². The third-order valence-electron chi connectivity index (χ3n) is 3.26. The van der Waals surface area contributed by atoms with Crippen LogP contribution in [0.1, 0.15) is 0 Å². The highest BCUT2D eigenvalue weighted by Crippen LogP contribution is 2.20. The average molecular weight is 332 g/mol. The van der Waals surface area contributed by atoms with Crippen LogP contribution in [0, 0.1) is 0 Å². The van der Waals surface area contributed by atoms with Crippen molar-refractivity contribution >= 4 is 0 Å². The van der Waals surface area contributed by atoms with Gasteiger partial charge in [-0.05, 0) is 0 Å². The van der Waals surface area contributed by atoms with Crippen LogP contribution in [0.25, 0.3) is 0 Å². The van der Waals surface area contributed by atoms with Crippen LogP contribution in [0.15, 0.2) is 0 Å². The second-order valence-corrected chi connectivity index (χ2v) is 4.93. The van der Waals surface area contributed by atoms with Gasteiger partial charge in [0.15, 0.2) is 0 Å². The third-order valence-corrected chi connectivity index (χ3v) is 3.26. The molecule has 11 nitrogen and oxygen atoms in total. The van der Waals surface area contributed by atoms with Gasteiger partial charge in [-0.2, -0.15) is 0 Å². The van der Waals surface area contributed by atoms with Crippen LogP contribution in [-0.4, -0.2) is 124 Å². The second kappa shape index (κ2) is 9.64. The van der Waals surface area contributed by atoms with Gasteiger partial charge in [0.25, 0.3) is 0 Å². The molecule has 0 radical (unpaired) electrons. The fourth-order valence-electron chi connectivity index (χ4n) is 1.68. The highest BCUT2D eigenvalue weighted by molar-refractivity contribution is 4.98. The monoisotopic (exact) mass is 332 g/mol. The molecule has 22 heavy (non-hydrogen) atoms. The summed E-state index contributed by atoms with van der Waals surface area (Å²) in [6, 6.07) is 0. The lowest BCUT2D eigenvalue weighted by Gasteiger charge is -2.39. The highest BCUT2D eigenvalue weighted by atomic mass is 16.4. The van der Waals surface area contributed by atoms with Crippen LogP contribution < -0.4 is 0 Å². The van der Waals surface area contributed by atoms with E-state index in [1.807, 2.05) is 0 Å². The lowest BCUT2D eigenvalue weighted by Crippen LogP contribution is -2.63. The summed E-state index contributed by atoms with van der Waals surface area (Å²) in [6.07, 6.45) is -14.1. The van der Waals surface area contributed by atoms with Crippen LogP contribution >= 0.6 is 0 Å². The predicted molar refractivity (Wildman–Crippen MR) is 68.2 cm³/mol. The van der Waals surface area contributed by atoms with Crippen molar-refractivity contribution in [2.45, 2.75) is 54.9 Å². The summed E-state index contributed by atoms with van der Waals surface area (Å²) in [7, 11) is 0. The lowest BCUT2D eigenvalue weighted by molar-refractivity contribution is -0.223. The predicted octanol–water partition coefficient (Wildman–Crippen LogP) is -6.78. The largest absolute Gasteiger partial charge is 0.394 e. The van der Waals surface area contributed by atoms with Crippen LogP contribution in [0.5, 0.6) is 0 Å². The van der Waals surface area contributed by atoms with E-state index in [1.165, 1.54) is 0 Å². The molecule has 11 N–H and O–H groups in total. The van der Waals surface area contributed by atoms with Gasteiger partial charge >= 0.3 is 0 Å². The Labute approximate surface area is 125 Å². The van der Waals surface area contributed by atoms with E-state index >= 15 is 0 Å². The summed E-state index contributed by atoms with van der Waals surface area (Å²) in [5, 5.41) is 96.4. The lowest BCUT2D eigenvalue weighted by atomic mass is 9.85. The van der Waals surface area contributed by atoms with E-state index < -0.39 is 68.1 Å². The molecule has 0 aromatic carbocycles. The molecular formula is C11H24O11. The first kappa shape index (κ1) is 21.6. The first-order valence-corrected chi connectivity index (χ1v) is 6.44. The normalized spacial score (nSPS) is 39.4. The topological polar surface area (TPSA) is 223 Å². The van der Waals surface area contributed by atoms with Gasteiger partial charge in [-0.15, -0.1) is 0 Å². The Balaban J connectivity index is 0.000000409. The Morgan fingerprint density at radius 1 is 0.500 bits per heavy atom. The average Bonchev–Trinajstić information content (AvgIpc) is 2.54. The maximum atomic E-state index is 8.97. The van der Waals surface area contributed by atoms with E-state index in [0.717, 1.165) is 0 Å². The van der Waals surface area contributed by atoms with Gasteiger partial charge in [-0.25, -0.2) is 0 Å². The Morgan fingerprint density at radius 3 is 0.818 bits per heavy atom. The minimum Gasteiger partial charge on any atom is -0.394 e. The first-order chi connectivity index (χ1) is 10.1. The Morgan fingerprint density at radius 2 is 0.682 bits per heavy atom. The standard InChI is InChI=1S/C6H12O6.C5H12O5/c7-1-2(8)4(10)6(12)5(11)3(1)9;6-1-3(8)5(10)4(9)2-7/h1-12H;3-10H,1-2H2/t1-,2-,3-,4+,5-,6-;3-,4+,5-. The zero-order valence-corrected chi connectivity index (χ0v) is 11.5. The maximum Gasteiger partial charge on any atom is 0.111 e. The number of hydrogen-bond donors (Lipinski definition) is 11. The third kappa shape index (κ3) is 5.33. The molecule has 11 heteroatoms. The first-order valence-electron chi connectivity index (χ1n) is 6.44. The molecule has 134 valence electrons. The summed E-state index contributed by atoms with van der Waals surface area (Å²) in [6.45, 7) is -1.28. The summed E-state index contributed by atoms with van der Waals surface area (Å²) < 4.78 is 0. The molecule has 0 aromatic heterocycles. The molecule has 1 saturated carbocycles. The van der Waals surface area contributed by atoms with Crippen molar-refractivity contribution in [3.8, 4) is 0 Å². The van der Waals surface area contributed by atoms with E-state index in [0.29, 0.717) is 0 Å². The molecule has 1 aliphatic rings. The van der Waals surface area contributed by atoms with E-state index in [-0.39, 0.29) is 0 Å². The SMILES string of the molecule is OC[C@@H](O)[C@@H](O)[C@@H](O)CO.O[C@H]1[C@H](O)[C@@H](O)[C@H](O)[C@@H](O)[C@H]1O. The summed E-state index contributed by atoms with van der Waals surface area (Å²) >= 11 is 0. The van der Waals surface area contributed by atoms with Gasteiger partial charge in [-0.1, -0.05) is 0 Å². The van der Waals surface area contributed by atoms with Gasteiger partial charge in [0, 0.05) is 0 Å². The van der Waals surface area contributed by atoms with Crippen LogP contribution in [-0.2, 0) is 0 Å². The minimum atomic E-state index is -1.64. The van der Waals surface area contributed by atoms with E-state index in [2.05, 4.69) is 0 Å². The minimum absolute atomic E-state index is 0.641. The van der Waals surface area contributed by atoms with Crippen molar-refractivity contribution in [3.63, 3.8) is 0 Å². The van der Waals surface area contributed by atoms with E-state index in [1.54, 1.807) is 0 Å². The molecule has 0 saturated heterocycles. The van der Waals surface area contributed by atoms with Gasteiger partial charge in [0.1, 0.15) is 54.9 Å². The van der Waals surface area contributed by atoms with Crippen LogP contribution in [0.4, 0.5) is 0 Å². The van der Waals surface area contributed by atoms with E-state index in [4.69, 9.17) is 56.2 Å². The van der Waals surface area contributed by atoms with Gasteiger partial charge < -0.3 is 56.2 Å². The number of aliphatic hydroxyl groups is 11. The molecule has 1 aliphatic carbocycles. The smallest absolute Gasteiger partial charge is 0.111 e. The number of hydrogen-bond acceptors (Lipinski definition) is 11. The van der Waals surface area contributed by atoms with Crippen LogP contribution in [0.2, 0.25) is 0 Å². The van der Waals surface area contributed by atoms with Crippen molar-refractivity contribution in [1.82, 2.24) is 0 Å². The molecular weight excluding hydrogens is 308 g/mol. The molecule has 0 amide bonds. The van der Waals surface area contributed by atoms with Crippen LogP contribution in [0.3, 0.4) is 0 Å². The fraction of sp³-hybridized carbons (Fsp3) is 1.00. The fourth-order valence-corrected chi connectivity index (χ4v) is 1.68. The van der Waals surface area contributed by atoms with Gasteiger partial charge in [0.2, 0.25) is 0 Å². The molecule has 3 atom stereocenters. The van der Waals surface area contributed by atoms with Gasteiger partial charge in [-0.3, -0.25) is 0 Å². The molecule has 1 fully saturated rings.